The van der Waals surface area contributed by atoms with Gasteiger partial charge in [0.2, 0.25) is 0 Å². The average molecular weight is 342 g/mol. The van der Waals surface area contributed by atoms with Gasteiger partial charge in [0, 0.05) is 31.0 Å². The first-order valence-electron chi connectivity index (χ1n) is 8.54. The van der Waals surface area contributed by atoms with E-state index in [1.54, 1.807) is 31.5 Å². The Labute approximate surface area is 149 Å². The lowest BCUT2D eigenvalue weighted by molar-refractivity contribution is 0.102. The van der Waals surface area contributed by atoms with Crippen molar-refractivity contribution in [3.8, 4) is 5.75 Å². The number of pyridine rings is 1. The van der Waals surface area contributed by atoms with E-state index >= 15 is 0 Å². The summed E-state index contributed by atoms with van der Waals surface area (Å²) < 4.78 is 5.18. The number of ether oxygens (including phenoxy) is 1. The van der Waals surface area contributed by atoms with Gasteiger partial charge in [0.1, 0.15) is 11.6 Å². The Morgan fingerprint density at radius 1 is 1.20 bits per heavy atom. The van der Waals surface area contributed by atoms with Gasteiger partial charge in [0.25, 0.3) is 5.91 Å². The fraction of sp³-hybridized carbons (Fsp3) is 0.368. The second-order valence-corrected chi connectivity index (χ2v) is 5.54. The molecule has 6 nitrogen and oxygen atoms in total. The van der Waals surface area contributed by atoms with Crippen LogP contribution in [0.15, 0.2) is 42.6 Å². The third-order valence-corrected chi connectivity index (χ3v) is 3.99. The van der Waals surface area contributed by atoms with Crippen LogP contribution in [0.4, 0.5) is 11.5 Å². The number of anilines is 2. The fourth-order valence-electron chi connectivity index (χ4n) is 2.50. The van der Waals surface area contributed by atoms with Crippen molar-refractivity contribution in [1.82, 2.24) is 9.88 Å². The molecule has 0 saturated carbocycles. The standard InChI is InChI=1S/C19H26N4O2/c1-4-23(5-2)13-12-21-18-17(10-7-11-20-18)19(24)22-15-8-6-9-16(14-15)25-3/h6-11,14H,4-5,12-13H2,1-3H3,(H,20,21)(H,22,24). The summed E-state index contributed by atoms with van der Waals surface area (Å²) in [7, 11) is 1.60. The smallest absolute Gasteiger partial charge is 0.259 e. The van der Waals surface area contributed by atoms with Crippen LogP contribution in [-0.4, -0.2) is 49.1 Å². The van der Waals surface area contributed by atoms with Crippen LogP contribution in [0, 0.1) is 0 Å². The molecule has 0 unspecified atom stereocenters. The number of benzene rings is 1. The lowest BCUT2D eigenvalue weighted by atomic mass is 10.2. The molecule has 1 aromatic carbocycles. The lowest BCUT2D eigenvalue weighted by Gasteiger charge is -2.18. The van der Waals surface area contributed by atoms with Crippen LogP contribution in [0.1, 0.15) is 24.2 Å². The zero-order valence-electron chi connectivity index (χ0n) is 15.1. The molecule has 1 aromatic heterocycles. The van der Waals surface area contributed by atoms with E-state index in [9.17, 15) is 4.79 Å². The first kappa shape index (κ1) is 18.7. The van der Waals surface area contributed by atoms with Crippen molar-refractivity contribution in [2.75, 3.05) is 43.9 Å². The highest BCUT2D eigenvalue weighted by molar-refractivity contribution is 6.07. The number of likely N-dealkylation sites (N-methyl/N-ethyl adjacent to an activating group) is 1. The van der Waals surface area contributed by atoms with Crippen LogP contribution in [0.2, 0.25) is 0 Å². The molecular weight excluding hydrogens is 316 g/mol. The summed E-state index contributed by atoms with van der Waals surface area (Å²) in [6.45, 7) is 7.92. The number of rotatable bonds is 9. The molecule has 2 aromatic rings. The third-order valence-electron chi connectivity index (χ3n) is 3.99. The molecule has 1 amide bonds. The van der Waals surface area contributed by atoms with Gasteiger partial charge in [-0.2, -0.15) is 0 Å². The lowest BCUT2D eigenvalue weighted by Crippen LogP contribution is -2.29. The normalized spacial score (nSPS) is 10.6. The van der Waals surface area contributed by atoms with E-state index in [1.807, 2.05) is 18.2 Å². The van der Waals surface area contributed by atoms with E-state index in [2.05, 4.69) is 34.4 Å². The van der Waals surface area contributed by atoms with Crippen LogP contribution in [0.3, 0.4) is 0 Å². The van der Waals surface area contributed by atoms with E-state index in [-0.39, 0.29) is 5.91 Å². The second kappa shape index (κ2) is 9.64. The zero-order valence-corrected chi connectivity index (χ0v) is 15.1. The number of carbonyl (C=O) groups excluding carboxylic acids is 1. The number of carbonyl (C=O) groups is 1. The third kappa shape index (κ3) is 5.46. The SMILES string of the molecule is CCN(CC)CCNc1ncccc1C(=O)Nc1cccc(OC)c1. The Morgan fingerprint density at radius 2 is 2.00 bits per heavy atom. The van der Waals surface area contributed by atoms with E-state index in [0.717, 1.165) is 26.2 Å². The molecule has 0 radical (unpaired) electrons. The van der Waals surface area contributed by atoms with Crippen LogP contribution in [0.25, 0.3) is 0 Å². The monoisotopic (exact) mass is 342 g/mol. The summed E-state index contributed by atoms with van der Waals surface area (Å²) in [5, 5.41) is 6.15. The Kier molecular flexibility index (Phi) is 7.22. The van der Waals surface area contributed by atoms with E-state index < -0.39 is 0 Å². The highest BCUT2D eigenvalue weighted by Gasteiger charge is 2.13. The first-order chi connectivity index (χ1) is 12.2. The van der Waals surface area contributed by atoms with Gasteiger partial charge in [-0.25, -0.2) is 4.98 Å². The summed E-state index contributed by atoms with van der Waals surface area (Å²) in [6, 6.07) is 10.8. The quantitative estimate of drug-likeness (QED) is 0.733. The molecule has 0 atom stereocenters. The maximum atomic E-state index is 12.6. The molecule has 0 bridgehead atoms. The molecule has 1 heterocycles. The van der Waals surface area contributed by atoms with Crippen LogP contribution >= 0.6 is 0 Å². The Balaban J connectivity index is 2.04. The molecular formula is C19H26N4O2. The van der Waals surface area contributed by atoms with Crippen LogP contribution < -0.4 is 15.4 Å². The van der Waals surface area contributed by atoms with E-state index in [1.165, 1.54) is 0 Å². The highest BCUT2D eigenvalue weighted by atomic mass is 16.5. The van der Waals surface area contributed by atoms with Crippen LogP contribution in [-0.2, 0) is 0 Å². The van der Waals surface area contributed by atoms with E-state index in [0.29, 0.717) is 22.8 Å². The number of nitrogens with zero attached hydrogens (tertiary/aromatic N) is 2. The van der Waals surface area contributed by atoms with Crippen LogP contribution in [0.5, 0.6) is 5.75 Å². The number of hydrogen-bond donors (Lipinski definition) is 2. The van der Waals surface area contributed by atoms with Gasteiger partial charge in [0.15, 0.2) is 0 Å². The van der Waals surface area contributed by atoms with Gasteiger partial charge >= 0.3 is 0 Å². The predicted octanol–water partition coefficient (Wildman–Crippen LogP) is 3.10. The van der Waals surface area contributed by atoms with Crippen molar-refractivity contribution >= 4 is 17.4 Å². The van der Waals surface area contributed by atoms with E-state index in [4.69, 9.17) is 4.74 Å². The molecule has 0 saturated heterocycles. The minimum Gasteiger partial charge on any atom is -0.497 e. The van der Waals surface area contributed by atoms with Crippen molar-refractivity contribution in [2.24, 2.45) is 0 Å². The number of methoxy groups -OCH3 is 1. The molecule has 0 aliphatic rings. The first-order valence-corrected chi connectivity index (χ1v) is 8.54. The minimum absolute atomic E-state index is 0.202. The van der Waals surface area contributed by atoms with Gasteiger partial charge < -0.3 is 20.3 Å². The maximum absolute atomic E-state index is 12.6. The van der Waals surface area contributed by atoms with Crippen molar-refractivity contribution in [2.45, 2.75) is 13.8 Å². The summed E-state index contributed by atoms with van der Waals surface area (Å²) in [4.78, 5) is 19.2. The maximum Gasteiger partial charge on any atom is 0.259 e. The molecule has 0 spiro atoms. The number of nitrogens with one attached hydrogen (secondary N) is 2. The molecule has 0 aliphatic carbocycles. The van der Waals surface area contributed by atoms with Crippen molar-refractivity contribution in [1.29, 1.82) is 0 Å². The topological polar surface area (TPSA) is 66.5 Å². The summed E-state index contributed by atoms with van der Waals surface area (Å²) in [5.41, 5.74) is 1.20. The van der Waals surface area contributed by atoms with Crippen molar-refractivity contribution < 1.29 is 9.53 Å². The second-order valence-electron chi connectivity index (χ2n) is 5.54. The molecule has 0 fully saturated rings. The summed E-state index contributed by atoms with van der Waals surface area (Å²) in [6.07, 6.45) is 1.68. The summed E-state index contributed by atoms with van der Waals surface area (Å²) in [5.74, 6) is 1.09. The predicted molar refractivity (Wildman–Crippen MR) is 101 cm³/mol. The minimum atomic E-state index is -0.202. The Hall–Kier alpha value is -2.60. The number of hydrogen-bond acceptors (Lipinski definition) is 5. The molecule has 134 valence electrons. The number of aromatic nitrogens is 1. The summed E-state index contributed by atoms with van der Waals surface area (Å²) >= 11 is 0. The number of amides is 1. The van der Waals surface area contributed by atoms with Crippen molar-refractivity contribution in [3.63, 3.8) is 0 Å². The van der Waals surface area contributed by atoms with Gasteiger partial charge in [-0.05, 0) is 37.4 Å². The average Bonchev–Trinajstić information content (AvgIpc) is 2.65. The Bertz CT molecular complexity index is 687. The largest absolute Gasteiger partial charge is 0.497 e. The molecule has 2 N–H and O–H groups in total. The molecule has 2 rings (SSSR count). The highest BCUT2D eigenvalue weighted by Crippen LogP contribution is 2.19. The molecule has 0 aliphatic heterocycles. The molecule has 25 heavy (non-hydrogen) atoms. The van der Waals surface area contributed by atoms with Crippen molar-refractivity contribution in [3.05, 3.63) is 48.2 Å². The Morgan fingerprint density at radius 3 is 2.72 bits per heavy atom. The fourth-order valence-corrected chi connectivity index (χ4v) is 2.50. The van der Waals surface area contributed by atoms with Gasteiger partial charge in [0.05, 0.1) is 12.7 Å². The van der Waals surface area contributed by atoms with Gasteiger partial charge in [-0.3, -0.25) is 4.79 Å². The van der Waals surface area contributed by atoms with Gasteiger partial charge in [-0.1, -0.05) is 19.9 Å². The van der Waals surface area contributed by atoms with Gasteiger partial charge in [-0.15, -0.1) is 0 Å². The zero-order chi connectivity index (χ0) is 18.1. The molecule has 6 heteroatoms.